The van der Waals surface area contributed by atoms with Crippen LogP contribution in [-0.4, -0.2) is 9.78 Å². The molecule has 0 saturated carbocycles. The maximum atomic E-state index is 4.67. The van der Waals surface area contributed by atoms with Gasteiger partial charge in [-0.05, 0) is 17.4 Å². The number of hydrogen-bond donors (Lipinski definition) is 0. The van der Waals surface area contributed by atoms with Gasteiger partial charge in [0.25, 0.3) is 0 Å². The lowest BCUT2D eigenvalue weighted by Gasteiger charge is -2.07. The van der Waals surface area contributed by atoms with Crippen LogP contribution in [0.4, 0.5) is 0 Å². The Balaban J connectivity index is 1.78. The van der Waals surface area contributed by atoms with Gasteiger partial charge >= 0.3 is 0 Å². The number of nitrogens with zero attached hydrogens (tertiary/aromatic N) is 5. The summed E-state index contributed by atoms with van der Waals surface area (Å²) in [6, 6.07) is 20.0. The Labute approximate surface area is 127 Å². The Morgan fingerprint density at radius 1 is 0.818 bits per heavy atom. The molecule has 105 valence electrons. The molecule has 0 amide bonds. The van der Waals surface area contributed by atoms with E-state index >= 15 is 0 Å². The summed E-state index contributed by atoms with van der Waals surface area (Å²) in [4.78, 5) is 0. The van der Waals surface area contributed by atoms with E-state index in [-0.39, 0.29) is 0 Å². The van der Waals surface area contributed by atoms with Gasteiger partial charge in [-0.15, -0.1) is 10.5 Å². The van der Waals surface area contributed by atoms with Gasteiger partial charge in [-0.1, -0.05) is 48.5 Å². The second kappa shape index (κ2) is 5.29. The minimum absolute atomic E-state index is 0.743. The Hall–Kier alpha value is -3.21. The number of para-hydroxylation sites is 1. The molecule has 2 aromatic carbocycles. The Morgan fingerprint density at radius 3 is 2.45 bits per heavy atom. The molecular weight excluding hydrogens is 274 g/mol. The minimum atomic E-state index is 0.743. The van der Waals surface area contributed by atoms with E-state index < -0.39 is 0 Å². The molecule has 0 aliphatic carbocycles. The van der Waals surface area contributed by atoms with Gasteiger partial charge in [0.15, 0.2) is 0 Å². The molecule has 3 aromatic rings. The molecule has 4 rings (SSSR count). The first-order valence-corrected chi connectivity index (χ1v) is 6.94. The maximum absolute atomic E-state index is 4.67. The zero-order chi connectivity index (χ0) is 14.8. The first-order chi connectivity index (χ1) is 10.9. The standard InChI is InChI=1S/C17H12N5/c1-2-6-13(7-3-1)15-10-11-22(20-15)17-9-5-4-8-14(17)16-12-18-21-19-16/h1-12H. The largest absolute Gasteiger partial charge is 0.240 e. The van der Waals surface area contributed by atoms with Crippen molar-refractivity contribution >= 4 is 5.70 Å². The van der Waals surface area contributed by atoms with Crippen molar-refractivity contribution in [3.05, 3.63) is 78.6 Å². The zero-order valence-corrected chi connectivity index (χ0v) is 11.7. The second-order valence-corrected chi connectivity index (χ2v) is 4.85. The third kappa shape index (κ3) is 2.18. The lowest BCUT2D eigenvalue weighted by Crippen LogP contribution is -1.99. The van der Waals surface area contributed by atoms with Gasteiger partial charge in [-0.3, -0.25) is 0 Å². The van der Waals surface area contributed by atoms with Gasteiger partial charge in [0.1, 0.15) is 5.70 Å². The van der Waals surface area contributed by atoms with Crippen LogP contribution in [0.1, 0.15) is 5.56 Å². The first-order valence-electron chi connectivity index (χ1n) is 6.94. The molecule has 1 radical (unpaired) electrons. The average molecular weight is 286 g/mol. The lowest BCUT2D eigenvalue weighted by molar-refractivity contribution is 0.880. The summed E-state index contributed by atoms with van der Waals surface area (Å²) < 4.78 is 1.85. The van der Waals surface area contributed by atoms with Crippen molar-refractivity contribution < 1.29 is 0 Å². The molecule has 2 heterocycles. The maximum Gasteiger partial charge on any atom is 0.117 e. The molecule has 0 fully saturated rings. The molecule has 5 nitrogen and oxygen atoms in total. The van der Waals surface area contributed by atoms with E-state index in [0.29, 0.717) is 0 Å². The number of benzene rings is 2. The number of rotatable bonds is 3. The van der Waals surface area contributed by atoms with Crippen molar-refractivity contribution in [3.63, 3.8) is 0 Å². The minimum Gasteiger partial charge on any atom is -0.240 e. The van der Waals surface area contributed by atoms with Gasteiger partial charge in [0.05, 0.1) is 17.6 Å². The molecular formula is C17H12N5. The second-order valence-electron chi connectivity index (χ2n) is 4.85. The summed E-state index contributed by atoms with van der Waals surface area (Å²) >= 11 is 0. The fourth-order valence-corrected chi connectivity index (χ4v) is 2.41. The monoisotopic (exact) mass is 286 g/mol. The van der Waals surface area contributed by atoms with Crippen LogP contribution in [0.3, 0.4) is 0 Å². The van der Waals surface area contributed by atoms with Crippen molar-refractivity contribution in [2.75, 3.05) is 0 Å². The Bertz CT molecular complexity index is 862. The predicted octanol–water partition coefficient (Wildman–Crippen LogP) is 3.82. The summed E-state index contributed by atoms with van der Waals surface area (Å²) in [5, 5.41) is 12.4. The van der Waals surface area contributed by atoms with E-state index in [1.54, 1.807) is 6.20 Å². The molecule has 1 aromatic heterocycles. The Morgan fingerprint density at radius 2 is 1.64 bits per heavy atom. The summed E-state index contributed by atoms with van der Waals surface area (Å²) in [5.41, 5.74) is 8.47. The van der Waals surface area contributed by atoms with Gasteiger partial charge in [0, 0.05) is 17.3 Å². The van der Waals surface area contributed by atoms with E-state index in [1.807, 2.05) is 71.5 Å². The molecule has 0 atom stereocenters. The lowest BCUT2D eigenvalue weighted by atomic mass is 10.1. The first kappa shape index (κ1) is 12.5. The van der Waals surface area contributed by atoms with E-state index in [2.05, 4.69) is 20.9 Å². The van der Waals surface area contributed by atoms with Crippen molar-refractivity contribution in [2.24, 2.45) is 10.3 Å². The SMILES string of the molecule is C1=C(c2ccccc2-n2ccc(-c3ccccc3)n2)N=N[N]1. The summed E-state index contributed by atoms with van der Waals surface area (Å²) in [6.07, 6.45) is 3.60. The highest BCUT2D eigenvalue weighted by atomic mass is 15.4. The molecule has 1 aliphatic heterocycles. The molecule has 0 unspecified atom stereocenters. The molecule has 0 spiro atoms. The molecule has 5 heteroatoms. The van der Waals surface area contributed by atoms with Crippen LogP contribution in [0.15, 0.2) is 83.4 Å². The molecule has 0 saturated heterocycles. The van der Waals surface area contributed by atoms with Gasteiger partial charge < -0.3 is 0 Å². The van der Waals surface area contributed by atoms with Crippen molar-refractivity contribution in [2.45, 2.75) is 0 Å². The topological polar surface area (TPSA) is 56.6 Å². The van der Waals surface area contributed by atoms with Crippen molar-refractivity contribution in [1.82, 2.24) is 15.2 Å². The van der Waals surface area contributed by atoms with Gasteiger partial charge in [-0.25, -0.2) is 4.68 Å². The van der Waals surface area contributed by atoms with Crippen molar-refractivity contribution in [1.29, 1.82) is 0 Å². The highest BCUT2D eigenvalue weighted by Gasteiger charge is 2.13. The highest BCUT2D eigenvalue weighted by Crippen LogP contribution is 2.26. The van der Waals surface area contributed by atoms with Crippen LogP contribution in [0, 0.1) is 0 Å². The summed E-state index contributed by atoms with van der Waals surface area (Å²) in [7, 11) is 0. The smallest absolute Gasteiger partial charge is 0.117 e. The molecule has 0 N–H and O–H groups in total. The van der Waals surface area contributed by atoms with Crippen LogP contribution in [-0.2, 0) is 0 Å². The molecule has 1 aliphatic rings. The highest BCUT2D eigenvalue weighted by molar-refractivity contribution is 5.72. The number of aromatic nitrogens is 2. The van der Waals surface area contributed by atoms with Crippen LogP contribution in [0.25, 0.3) is 22.6 Å². The third-order valence-electron chi connectivity index (χ3n) is 3.47. The fraction of sp³-hybridized carbons (Fsp3) is 0. The number of hydrogen-bond acceptors (Lipinski definition) is 3. The summed E-state index contributed by atoms with van der Waals surface area (Å²) in [6.45, 7) is 0. The van der Waals surface area contributed by atoms with Gasteiger partial charge in [0.2, 0.25) is 0 Å². The van der Waals surface area contributed by atoms with Gasteiger partial charge in [-0.2, -0.15) is 5.10 Å². The van der Waals surface area contributed by atoms with E-state index in [9.17, 15) is 0 Å². The third-order valence-corrected chi connectivity index (χ3v) is 3.47. The van der Waals surface area contributed by atoms with E-state index in [0.717, 1.165) is 28.2 Å². The van der Waals surface area contributed by atoms with Crippen molar-refractivity contribution in [3.8, 4) is 16.9 Å². The zero-order valence-electron chi connectivity index (χ0n) is 11.7. The van der Waals surface area contributed by atoms with E-state index in [1.165, 1.54) is 0 Å². The Kier molecular flexibility index (Phi) is 3.01. The summed E-state index contributed by atoms with van der Waals surface area (Å²) in [5.74, 6) is 0. The quantitative estimate of drug-likeness (QED) is 0.722. The van der Waals surface area contributed by atoms with Crippen LogP contribution in [0.2, 0.25) is 0 Å². The molecule has 0 bridgehead atoms. The fourth-order valence-electron chi connectivity index (χ4n) is 2.41. The normalized spacial score (nSPS) is 13.0. The average Bonchev–Trinajstić information content (AvgIpc) is 3.28. The van der Waals surface area contributed by atoms with Crippen LogP contribution >= 0.6 is 0 Å². The van der Waals surface area contributed by atoms with Crippen LogP contribution in [0.5, 0.6) is 0 Å². The molecule has 22 heavy (non-hydrogen) atoms. The van der Waals surface area contributed by atoms with Crippen LogP contribution < -0.4 is 5.43 Å². The predicted molar refractivity (Wildman–Crippen MR) is 84.0 cm³/mol. The van der Waals surface area contributed by atoms with E-state index in [4.69, 9.17) is 0 Å².